The van der Waals surface area contributed by atoms with Crippen LogP contribution in [0, 0.1) is 0 Å². The van der Waals surface area contributed by atoms with Gasteiger partial charge in [-0.15, -0.1) is 0 Å². The van der Waals surface area contributed by atoms with Crippen molar-refractivity contribution < 1.29 is 4.79 Å². The summed E-state index contributed by atoms with van der Waals surface area (Å²) in [6.45, 7) is 0. The lowest BCUT2D eigenvalue weighted by molar-refractivity contribution is -0.123. The maximum Gasteiger partial charge on any atom is 0.237 e. The average Bonchev–Trinajstić information content (AvgIpc) is 2.19. The second-order valence-electron chi connectivity index (χ2n) is 4.07. The topological polar surface area (TPSA) is 69.1 Å². The molecule has 0 spiro atoms. The van der Waals surface area contributed by atoms with Crippen molar-refractivity contribution in [2.24, 2.45) is 11.5 Å². The molecule has 1 aromatic carbocycles. The van der Waals surface area contributed by atoms with Crippen molar-refractivity contribution in [2.45, 2.75) is 24.8 Å². The molecule has 0 aliphatic heterocycles. The minimum absolute atomic E-state index is 0.442. The smallest absolute Gasteiger partial charge is 0.237 e. The summed E-state index contributed by atoms with van der Waals surface area (Å²) in [5.41, 5.74) is 12.5. The Labute approximate surface area is 93.4 Å². The van der Waals surface area contributed by atoms with E-state index in [1.165, 1.54) is 5.56 Å². The van der Waals surface area contributed by atoms with Gasteiger partial charge in [0.25, 0.3) is 0 Å². The Morgan fingerprint density at radius 2 is 2.20 bits per heavy atom. The zero-order valence-corrected chi connectivity index (χ0v) is 9.05. The fourth-order valence-corrected chi connectivity index (χ4v) is 2.27. The van der Waals surface area contributed by atoms with Gasteiger partial charge >= 0.3 is 0 Å². The van der Waals surface area contributed by atoms with E-state index >= 15 is 0 Å². The number of carbonyl (C=O) groups is 1. The van der Waals surface area contributed by atoms with E-state index in [-0.39, 0.29) is 0 Å². The van der Waals surface area contributed by atoms with Crippen molar-refractivity contribution in [3.8, 4) is 0 Å². The molecule has 0 bridgehead atoms. The van der Waals surface area contributed by atoms with Crippen molar-refractivity contribution in [1.82, 2.24) is 0 Å². The van der Waals surface area contributed by atoms with Gasteiger partial charge in [-0.25, -0.2) is 0 Å². The highest BCUT2D eigenvalue weighted by molar-refractivity contribution is 6.31. The molecule has 0 radical (unpaired) electrons. The standard InChI is InChI=1S/C11H13ClN2O/c12-9-3-1-2-7-4-5-11(14,10(13)15)6-8(7)9/h1-3H,4-6,14H2,(H2,13,15)/t11-/m1/s1. The molecule has 0 unspecified atom stereocenters. The van der Waals surface area contributed by atoms with Gasteiger partial charge in [-0.05, 0) is 30.0 Å². The number of nitrogens with two attached hydrogens (primary N) is 2. The third kappa shape index (κ3) is 1.73. The molecule has 1 aliphatic rings. The summed E-state index contributed by atoms with van der Waals surface area (Å²) in [7, 11) is 0. The third-order valence-electron chi connectivity index (χ3n) is 3.04. The van der Waals surface area contributed by atoms with E-state index in [1.807, 2.05) is 18.2 Å². The van der Waals surface area contributed by atoms with E-state index in [2.05, 4.69) is 0 Å². The second-order valence-corrected chi connectivity index (χ2v) is 4.48. The Morgan fingerprint density at radius 3 is 2.87 bits per heavy atom. The number of halogens is 1. The molecule has 2 rings (SSSR count). The van der Waals surface area contributed by atoms with Crippen LogP contribution < -0.4 is 11.5 Å². The minimum Gasteiger partial charge on any atom is -0.368 e. The molecule has 1 atom stereocenters. The van der Waals surface area contributed by atoms with Crippen LogP contribution in [0.3, 0.4) is 0 Å². The van der Waals surface area contributed by atoms with Crippen LogP contribution in [0.25, 0.3) is 0 Å². The first kappa shape index (κ1) is 10.5. The molecule has 1 aromatic rings. The molecule has 4 N–H and O–H groups in total. The van der Waals surface area contributed by atoms with E-state index in [0.717, 1.165) is 12.0 Å². The Bertz CT molecular complexity index is 419. The fraction of sp³-hybridized carbons (Fsp3) is 0.364. The van der Waals surface area contributed by atoms with Crippen LogP contribution in [0.2, 0.25) is 5.02 Å². The number of carbonyl (C=O) groups excluding carboxylic acids is 1. The molecule has 1 aliphatic carbocycles. The lowest BCUT2D eigenvalue weighted by Gasteiger charge is -2.32. The van der Waals surface area contributed by atoms with E-state index in [1.54, 1.807) is 0 Å². The first-order chi connectivity index (χ1) is 7.03. The average molecular weight is 225 g/mol. The fourth-order valence-electron chi connectivity index (χ4n) is 2.01. The molecular formula is C11H13ClN2O. The van der Waals surface area contributed by atoms with Crippen LogP contribution in [0.4, 0.5) is 0 Å². The summed E-state index contributed by atoms with van der Waals surface area (Å²) in [4.78, 5) is 11.3. The number of amides is 1. The number of primary amides is 1. The van der Waals surface area contributed by atoms with Crippen molar-refractivity contribution in [2.75, 3.05) is 0 Å². The quantitative estimate of drug-likeness (QED) is 0.748. The highest BCUT2D eigenvalue weighted by atomic mass is 35.5. The molecule has 15 heavy (non-hydrogen) atoms. The predicted molar refractivity (Wildman–Crippen MR) is 59.6 cm³/mol. The molecule has 0 saturated heterocycles. The number of rotatable bonds is 1. The van der Waals surface area contributed by atoms with Gasteiger partial charge in [0.15, 0.2) is 0 Å². The molecule has 3 nitrogen and oxygen atoms in total. The van der Waals surface area contributed by atoms with Crippen molar-refractivity contribution in [3.63, 3.8) is 0 Å². The highest BCUT2D eigenvalue weighted by Crippen LogP contribution is 2.31. The zero-order valence-electron chi connectivity index (χ0n) is 8.29. The van der Waals surface area contributed by atoms with Gasteiger partial charge < -0.3 is 11.5 Å². The lowest BCUT2D eigenvalue weighted by atomic mass is 9.78. The molecule has 4 heteroatoms. The van der Waals surface area contributed by atoms with E-state index < -0.39 is 11.4 Å². The molecule has 0 aromatic heterocycles. The maximum absolute atomic E-state index is 11.3. The van der Waals surface area contributed by atoms with Gasteiger partial charge in [0.2, 0.25) is 5.91 Å². The first-order valence-corrected chi connectivity index (χ1v) is 5.26. The van der Waals surface area contributed by atoms with E-state index in [9.17, 15) is 4.79 Å². The predicted octanol–water partition coefficient (Wildman–Crippen LogP) is 1.01. The molecule has 0 heterocycles. The van der Waals surface area contributed by atoms with Crippen LogP contribution in [-0.4, -0.2) is 11.4 Å². The van der Waals surface area contributed by atoms with Gasteiger partial charge in [0, 0.05) is 11.4 Å². The number of benzene rings is 1. The molecule has 0 fully saturated rings. The largest absolute Gasteiger partial charge is 0.368 e. The minimum atomic E-state index is -0.933. The highest BCUT2D eigenvalue weighted by Gasteiger charge is 2.36. The Kier molecular flexibility index (Phi) is 2.44. The van der Waals surface area contributed by atoms with Crippen LogP contribution in [-0.2, 0) is 17.6 Å². The normalized spacial score (nSPS) is 24.7. The van der Waals surface area contributed by atoms with Crippen molar-refractivity contribution in [3.05, 3.63) is 34.3 Å². The molecule has 0 saturated carbocycles. The molecular weight excluding hydrogens is 212 g/mol. The monoisotopic (exact) mass is 224 g/mol. The first-order valence-electron chi connectivity index (χ1n) is 4.88. The van der Waals surface area contributed by atoms with Gasteiger partial charge in [0.05, 0.1) is 5.54 Å². The van der Waals surface area contributed by atoms with Gasteiger partial charge in [-0.1, -0.05) is 23.7 Å². The maximum atomic E-state index is 11.3. The van der Waals surface area contributed by atoms with Crippen LogP contribution in [0.1, 0.15) is 17.5 Å². The van der Waals surface area contributed by atoms with Gasteiger partial charge in [-0.2, -0.15) is 0 Å². The van der Waals surface area contributed by atoms with Crippen LogP contribution >= 0.6 is 11.6 Å². The van der Waals surface area contributed by atoms with Gasteiger partial charge in [0.1, 0.15) is 0 Å². The molecule has 1 amide bonds. The summed E-state index contributed by atoms with van der Waals surface area (Å²) in [6.07, 6.45) is 1.79. The summed E-state index contributed by atoms with van der Waals surface area (Å²) in [5.74, 6) is -0.451. The summed E-state index contributed by atoms with van der Waals surface area (Å²) >= 11 is 6.07. The number of fused-ring (bicyclic) bond motifs is 1. The summed E-state index contributed by atoms with van der Waals surface area (Å²) < 4.78 is 0. The zero-order chi connectivity index (χ0) is 11.1. The summed E-state index contributed by atoms with van der Waals surface area (Å²) in [5, 5.41) is 0.670. The number of aryl methyl sites for hydroxylation is 1. The van der Waals surface area contributed by atoms with E-state index in [0.29, 0.717) is 17.9 Å². The van der Waals surface area contributed by atoms with Crippen LogP contribution in [0.5, 0.6) is 0 Å². The van der Waals surface area contributed by atoms with Gasteiger partial charge in [-0.3, -0.25) is 4.79 Å². The SMILES string of the molecule is NC(=O)[C@@]1(N)CCc2cccc(Cl)c2C1. The Hall–Kier alpha value is -1.06. The number of hydrogen-bond donors (Lipinski definition) is 2. The molecule has 80 valence electrons. The summed E-state index contributed by atoms with van der Waals surface area (Å²) in [6, 6.07) is 5.74. The van der Waals surface area contributed by atoms with Crippen molar-refractivity contribution in [1.29, 1.82) is 0 Å². The van der Waals surface area contributed by atoms with Crippen molar-refractivity contribution >= 4 is 17.5 Å². The lowest BCUT2D eigenvalue weighted by Crippen LogP contribution is -2.55. The van der Waals surface area contributed by atoms with Crippen LogP contribution in [0.15, 0.2) is 18.2 Å². The van der Waals surface area contributed by atoms with E-state index in [4.69, 9.17) is 23.1 Å². The third-order valence-corrected chi connectivity index (χ3v) is 3.39. The Morgan fingerprint density at radius 1 is 1.47 bits per heavy atom. The second kappa shape index (κ2) is 3.51. The Balaban J connectivity index is 2.42. The number of hydrogen-bond acceptors (Lipinski definition) is 2.